The Morgan fingerprint density at radius 2 is 2.00 bits per heavy atom. The lowest BCUT2D eigenvalue weighted by molar-refractivity contribution is -0.0948. The Kier molecular flexibility index (Phi) is 4.74. The minimum atomic E-state index is -0.153. The van der Waals surface area contributed by atoms with Crippen molar-refractivity contribution in [1.29, 1.82) is 0 Å². The molecule has 1 amide bonds. The van der Waals surface area contributed by atoms with E-state index in [4.69, 9.17) is 9.15 Å². The highest BCUT2D eigenvalue weighted by molar-refractivity contribution is 5.92. The van der Waals surface area contributed by atoms with E-state index in [0.717, 1.165) is 18.7 Å². The highest BCUT2D eigenvalue weighted by Gasteiger charge is 2.33. The Morgan fingerprint density at radius 3 is 2.52 bits per heavy atom. The second kappa shape index (κ2) is 6.20. The van der Waals surface area contributed by atoms with Crippen LogP contribution in [0.1, 0.15) is 43.8 Å². The van der Waals surface area contributed by atoms with Crippen molar-refractivity contribution in [3.63, 3.8) is 0 Å². The predicted octanol–water partition coefficient (Wildman–Crippen LogP) is 2.21. The molecule has 1 fully saturated rings. The molecular formula is C16H26N2O3. The standard InChI is InChI=1S/C16H26N2O3/c1-11-6-7-20-14(11)15(19)17-10-16(4,5)18-8-12(2)21-13(3)9-18/h6-7,12-13H,8-10H2,1-5H3,(H,17,19). The molecule has 0 aromatic carbocycles. The fourth-order valence-electron chi connectivity index (χ4n) is 2.77. The van der Waals surface area contributed by atoms with Crippen molar-refractivity contribution in [2.24, 2.45) is 0 Å². The Labute approximate surface area is 126 Å². The van der Waals surface area contributed by atoms with Crippen LogP contribution in [0.25, 0.3) is 0 Å². The van der Waals surface area contributed by atoms with Gasteiger partial charge in [-0.15, -0.1) is 0 Å². The Bertz CT molecular complexity index is 485. The summed E-state index contributed by atoms with van der Waals surface area (Å²) in [5.41, 5.74) is 0.738. The Hall–Kier alpha value is -1.33. The first-order chi connectivity index (χ1) is 9.79. The molecule has 1 saturated heterocycles. The van der Waals surface area contributed by atoms with E-state index in [1.165, 1.54) is 0 Å². The molecule has 1 N–H and O–H groups in total. The molecule has 1 aromatic heterocycles. The third-order valence-electron chi connectivity index (χ3n) is 4.03. The van der Waals surface area contributed by atoms with Gasteiger partial charge in [0, 0.05) is 30.7 Å². The van der Waals surface area contributed by atoms with Crippen LogP contribution in [0.3, 0.4) is 0 Å². The summed E-state index contributed by atoms with van der Waals surface area (Å²) in [6.45, 7) is 12.7. The lowest BCUT2D eigenvalue weighted by Crippen LogP contribution is -2.58. The van der Waals surface area contributed by atoms with Crippen LogP contribution in [0.2, 0.25) is 0 Å². The van der Waals surface area contributed by atoms with Crippen molar-refractivity contribution >= 4 is 5.91 Å². The molecule has 5 nitrogen and oxygen atoms in total. The number of nitrogens with one attached hydrogen (secondary N) is 1. The highest BCUT2D eigenvalue weighted by Crippen LogP contribution is 2.21. The van der Waals surface area contributed by atoms with E-state index in [9.17, 15) is 4.79 Å². The number of rotatable bonds is 4. The first kappa shape index (κ1) is 16.0. The van der Waals surface area contributed by atoms with Gasteiger partial charge in [-0.3, -0.25) is 9.69 Å². The first-order valence-corrected chi connectivity index (χ1v) is 7.52. The van der Waals surface area contributed by atoms with Gasteiger partial charge in [0.2, 0.25) is 0 Å². The summed E-state index contributed by atoms with van der Waals surface area (Å²) in [5.74, 6) is 0.245. The van der Waals surface area contributed by atoms with Gasteiger partial charge in [-0.25, -0.2) is 0 Å². The minimum absolute atomic E-state index is 0.123. The number of carbonyl (C=O) groups excluding carboxylic acids is 1. The normalized spacial score (nSPS) is 24.0. The molecule has 1 aliphatic rings. The molecule has 2 heterocycles. The molecule has 2 unspecified atom stereocenters. The van der Waals surface area contributed by atoms with E-state index in [0.29, 0.717) is 12.3 Å². The monoisotopic (exact) mass is 294 g/mol. The van der Waals surface area contributed by atoms with Crippen molar-refractivity contribution in [3.8, 4) is 0 Å². The van der Waals surface area contributed by atoms with Crippen LogP contribution in [0.4, 0.5) is 0 Å². The van der Waals surface area contributed by atoms with Crippen molar-refractivity contribution in [1.82, 2.24) is 10.2 Å². The number of nitrogens with zero attached hydrogens (tertiary/aromatic N) is 1. The third kappa shape index (κ3) is 3.86. The Balaban J connectivity index is 1.94. The number of amides is 1. The minimum Gasteiger partial charge on any atom is -0.459 e. The molecule has 0 spiro atoms. The number of morpholine rings is 1. The number of aryl methyl sites for hydroxylation is 1. The lowest BCUT2D eigenvalue weighted by Gasteiger charge is -2.45. The van der Waals surface area contributed by atoms with Gasteiger partial charge < -0.3 is 14.5 Å². The van der Waals surface area contributed by atoms with Crippen LogP contribution in [-0.4, -0.2) is 48.2 Å². The zero-order chi connectivity index (χ0) is 15.6. The van der Waals surface area contributed by atoms with E-state index >= 15 is 0 Å². The van der Waals surface area contributed by atoms with Gasteiger partial charge in [0.25, 0.3) is 5.91 Å². The van der Waals surface area contributed by atoms with Gasteiger partial charge in [-0.2, -0.15) is 0 Å². The number of carbonyl (C=O) groups is 1. The molecule has 0 aliphatic carbocycles. The summed E-state index contributed by atoms with van der Waals surface area (Å²) in [4.78, 5) is 14.5. The van der Waals surface area contributed by atoms with E-state index in [1.54, 1.807) is 12.3 Å². The number of furan rings is 1. The lowest BCUT2D eigenvalue weighted by atomic mass is 10.00. The van der Waals surface area contributed by atoms with Crippen molar-refractivity contribution < 1.29 is 13.9 Å². The molecule has 2 rings (SSSR count). The molecule has 5 heteroatoms. The van der Waals surface area contributed by atoms with Crippen LogP contribution in [-0.2, 0) is 4.74 Å². The number of hydrogen-bond donors (Lipinski definition) is 1. The molecule has 0 bridgehead atoms. The predicted molar refractivity (Wildman–Crippen MR) is 81.4 cm³/mol. The van der Waals surface area contributed by atoms with Gasteiger partial charge in [0.15, 0.2) is 5.76 Å². The number of hydrogen-bond acceptors (Lipinski definition) is 4. The zero-order valence-corrected chi connectivity index (χ0v) is 13.6. The molecule has 0 radical (unpaired) electrons. The number of ether oxygens (including phenoxy) is 1. The molecule has 0 saturated carbocycles. The SMILES string of the molecule is Cc1ccoc1C(=O)NCC(C)(C)N1CC(C)OC(C)C1. The smallest absolute Gasteiger partial charge is 0.287 e. The van der Waals surface area contributed by atoms with Gasteiger partial charge in [0.05, 0.1) is 18.5 Å². The van der Waals surface area contributed by atoms with Crippen LogP contribution >= 0.6 is 0 Å². The average Bonchev–Trinajstić information content (AvgIpc) is 2.81. The summed E-state index contributed by atoms with van der Waals surface area (Å²) in [6.07, 6.45) is 1.98. The third-order valence-corrected chi connectivity index (χ3v) is 4.03. The van der Waals surface area contributed by atoms with E-state index < -0.39 is 0 Å². The van der Waals surface area contributed by atoms with Crippen LogP contribution in [0.15, 0.2) is 16.7 Å². The quantitative estimate of drug-likeness (QED) is 0.925. The second-order valence-corrected chi connectivity index (χ2v) is 6.59. The summed E-state index contributed by atoms with van der Waals surface area (Å²) >= 11 is 0. The van der Waals surface area contributed by atoms with Gasteiger partial charge in [-0.1, -0.05) is 0 Å². The van der Waals surface area contributed by atoms with Gasteiger partial charge in [-0.05, 0) is 40.7 Å². The molecule has 118 valence electrons. The van der Waals surface area contributed by atoms with E-state index in [-0.39, 0.29) is 23.7 Å². The van der Waals surface area contributed by atoms with Gasteiger partial charge >= 0.3 is 0 Å². The van der Waals surface area contributed by atoms with Crippen LogP contribution in [0, 0.1) is 6.92 Å². The van der Waals surface area contributed by atoms with Crippen molar-refractivity contribution in [3.05, 3.63) is 23.7 Å². The van der Waals surface area contributed by atoms with Gasteiger partial charge in [0.1, 0.15) is 0 Å². The largest absolute Gasteiger partial charge is 0.459 e. The summed E-state index contributed by atoms with van der Waals surface area (Å²) < 4.78 is 11.0. The first-order valence-electron chi connectivity index (χ1n) is 7.52. The van der Waals surface area contributed by atoms with Crippen LogP contribution in [0.5, 0.6) is 0 Å². The highest BCUT2D eigenvalue weighted by atomic mass is 16.5. The summed E-state index contributed by atoms with van der Waals surface area (Å²) in [7, 11) is 0. The average molecular weight is 294 g/mol. The molecule has 21 heavy (non-hydrogen) atoms. The summed E-state index contributed by atoms with van der Waals surface area (Å²) in [6, 6.07) is 1.80. The fraction of sp³-hybridized carbons (Fsp3) is 0.688. The van der Waals surface area contributed by atoms with E-state index in [2.05, 4.69) is 37.9 Å². The molecule has 1 aliphatic heterocycles. The topological polar surface area (TPSA) is 54.7 Å². The maximum absolute atomic E-state index is 12.1. The van der Waals surface area contributed by atoms with Crippen molar-refractivity contribution in [2.45, 2.75) is 52.4 Å². The Morgan fingerprint density at radius 1 is 1.38 bits per heavy atom. The second-order valence-electron chi connectivity index (χ2n) is 6.59. The summed E-state index contributed by atoms with van der Waals surface area (Å²) in [5, 5.41) is 2.98. The van der Waals surface area contributed by atoms with Crippen LogP contribution < -0.4 is 5.32 Å². The molecular weight excluding hydrogens is 268 g/mol. The maximum Gasteiger partial charge on any atom is 0.287 e. The fourth-order valence-corrected chi connectivity index (χ4v) is 2.77. The van der Waals surface area contributed by atoms with E-state index in [1.807, 2.05) is 6.92 Å². The van der Waals surface area contributed by atoms with Crippen molar-refractivity contribution in [2.75, 3.05) is 19.6 Å². The maximum atomic E-state index is 12.1. The zero-order valence-electron chi connectivity index (χ0n) is 13.6. The molecule has 2 atom stereocenters. The molecule has 1 aromatic rings.